The van der Waals surface area contributed by atoms with Crippen LogP contribution >= 0.6 is 0 Å². The van der Waals surface area contributed by atoms with E-state index in [-0.39, 0.29) is 0 Å². The summed E-state index contributed by atoms with van der Waals surface area (Å²) in [5.41, 5.74) is 0.744. The SMILES string of the molecule is COc1cc(CC=O)nc(C2CC2)n1. The van der Waals surface area contributed by atoms with Crippen molar-refractivity contribution in [3.63, 3.8) is 0 Å². The van der Waals surface area contributed by atoms with E-state index in [9.17, 15) is 4.79 Å². The van der Waals surface area contributed by atoms with Crippen LogP contribution in [0.3, 0.4) is 0 Å². The summed E-state index contributed by atoms with van der Waals surface area (Å²) < 4.78 is 5.05. The Balaban J connectivity index is 2.30. The number of nitrogens with zero attached hydrogens (tertiary/aromatic N) is 2. The van der Waals surface area contributed by atoms with Crippen LogP contribution in [0.15, 0.2) is 6.07 Å². The van der Waals surface area contributed by atoms with Crippen molar-refractivity contribution < 1.29 is 9.53 Å². The second-order valence-electron chi connectivity index (χ2n) is 3.40. The van der Waals surface area contributed by atoms with E-state index in [1.807, 2.05) is 0 Å². The van der Waals surface area contributed by atoms with Gasteiger partial charge in [0.25, 0.3) is 0 Å². The number of carbonyl (C=O) groups is 1. The minimum atomic E-state index is 0.332. The predicted octanol–water partition coefficient (Wildman–Crippen LogP) is 1.10. The highest BCUT2D eigenvalue weighted by Gasteiger charge is 2.27. The lowest BCUT2D eigenvalue weighted by molar-refractivity contribution is -0.107. The number of hydrogen-bond donors (Lipinski definition) is 0. The Hall–Kier alpha value is -1.45. The van der Waals surface area contributed by atoms with Crippen LogP contribution in [0.5, 0.6) is 5.88 Å². The van der Waals surface area contributed by atoms with Crippen LogP contribution in [0.2, 0.25) is 0 Å². The molecule has 1 heterocycles. The standard InChI is InChI=1S/C10H12N2O2/c1-14-9-6-8(4-5-13)11-10(12-9)7-2-3-7/h5-7H,2-4H2,1H3. The van der Waals surface area contributed by atoms with Crippen LogP contribution in [-0.4, -0.2) is 23.4 Å². The Labute approximate surface area is 82.3 Å². The van der Waals surface area contributed by atoms with E-state index >= 15 is 0 Å². The number of rotatable bonds is 4. The first-order valence-electron chi connectivity index (χ1n) is 4.69. The molecule has 4 nitrogen and oxygen atoms in total. The molecule has 0 atom stereocenters. The van der Waals surface area contributed by atoms with Gasteiger partial charge in [-0.1, -0.05) is 0 Å². The van der Waals surface area contributed by atoms with E-state index in [0.717, 1.165) is 30.6 Å². The summed E-state index contributed by atoms with van der Waals surface area (Å²) in [7, 11) is 1.57. The number of aldehydes is 1. The Morgan fingerprint density at radius 3 is 2.93 bits per heavy atom. The van der Waals surface area contributed by atoms with Gasteiger partial charge in [0, 0.05) is 18.4 Å². The fourth-order valence-corrected chi connectivity index (χ4v) is 1.31. The van der Waals surface area contributed by atoms with E-state index in [1.165, 1.54) is 0 Å². The maximum atomic E-state index is 10.4. The molecular formula is C10H12N2O2. The molecule has 0 aromatic carbocycles. The average Bonchev–Trinajstić information content (AvgIpc) is 3.01. The number of carbonyl (C=O) groups excluding carboxylic acids is 1. The molecule has 1 aliphatic rings. The summed E-state index contributed by atoms with van der Waals surface area (Å²) >= 11 is 0. The van der Waals surface area contributed by atoms with Gasteiger partial charge in [0.1, 0.15) is 12.1 Å². The van der Waals surface area contributed by atoms with Crippen LogP contribution in [0.4, 0.5) is 0 Å². The van der Waals surface area contributed by atoms with Crippen molar-refractivity contribution in [2.45, 2.75) is 25.2 Å². The van der Waals surface area contributed by atoms with E-state index in [0.29, 0.717) is 18.2 Å². The van der Waals surface area contributed by atoms with Gasteiger partial charge in [-0.15, -0.1) is 0 Å². The van der Waals surface area contributed by atoms with Crippen molar-refractivity contribution in [3.8, 4) is 5.88 Å². The average molecular weight is 192 g/mol. The smallest absolute Gasteiger partial charge is 0.216 e. The van der Waals surface area contributed by atoms with Gasteiger partial charge in [0.05, 0.1) is 12.8 Å². The first-order chi connectivity index (χ1) is 6.83. The first-order valence-corrected chi connectivity index (χ1v) is 4.69. The van der Waals surface area contributed by atoms with Crippen LogP contribution in [-0.2, 0) is 11.2 Å². The summed E-state index contributed by atoms with van der Waals surface area (Å²) in [4.78, 5) is 18.9. The molecule has 4 heteroatoms. The minimum Gasteiger partial charge on any atom is -0.481 e. The maximum absolute atomic E-state index is 10.4. The number of aromatic nitrogens is 2. The topological polar surface area (TPSA) is 52.1 Å². The van der Waals surface area contributed by atoms with Gasteiger partial charge in [0.15, 0.2) is 0 Å². The fraction of sp³-hybridized carbons (Fsp3) is 0.500. The molecule has 1 aliphatic carbocycles. The highest BCUT2D eigenvalue weighted by atomic mass is 16.5. The van der Waals surface area contributed by atoms with Crippen LogP contribution < -0.4 is 4.74 Å². The lowest BCUT2D eigenvalue weighted by Gasteiger charge is -2.04. The minimum absolute atomic E-state index is 0.332. The van der Waals surface area contributed by atoms with Gasteiger partial charge in [-0.25, -0.2) is 4.98 Å². The molecule has 1 aromatic heterocycles. The molecule has 0 aliphatic heterocycles. The zero-order chi connectivity index (χ0) is 9.97. The molecule has 0 spiro atoms. The van der Waals surface area contributed by atoms with Gasteiger partial charge in [0.2, 0.25) is 5.88 Å². The summed E-state index contributed by atoms with van der Waals surface area (Å²) in [5, 5.41) is 0. The molecule has 74 valence electrons. The van der Waals surface area contributed by atoms with E-state index in [4.69, 9.17) is 4.74 Å². The van der Waals surface area contributed by atoms with E-state index in [1.54, 1.807) is 13.2 Å². The Bertz CT molecular complexity index is 348. The predicted molar refractivity (Wildman–Crippen MR) is 50.3 cm³/mol. The highest BCUT2D eigenvalue weighted by molar-refractivity contribution is 5.53. The summed E-state index contributed by atoms with van der Waals surface area (Å²) in [6, 6.07) is 1.71. The van der Waals surface area contributed by atoms with Crippen LogP contribution in [0.25, 0.3) is 0 Å². The summed E-state index contributed by atoms with van der Waals surface area (Å²) in [5.74, 6) is 1.86. The van der Waals surface area contributed by atoms with Crippen molar-refractivity contribution in [1.29, 1.82) is 0 Å². The van der Waals surface area contributed by atoms with E-state index in [2.05, 4.69) is 9.97 Å². The van der Waals surface area contributed by atoms with Gasteiger partial charge < -0.3 is 9.53 Å². The highest BCUT2D eigenvalue weighted by Crippen LogP contribution is 2.38. The van der Waals surface area contributed by atoms with Crippen molar-refractivity contribution in [3.05, 3.63) is 17.6 Å². The van der Waals surface area contributed by atoms with Crippen LogP contribution in [0.1, 0.15) is 30.3 Å². The Kier molecular flexibility index (Phi) is 2.43. The van der Waals surface area contributed by atoms with Gasteiger partial charge in [-0.3, -0.25) is 0 Å². The van der Waals surface area contributed by atoms with Crippen molar-refractivity contribution >= 4 is 6.29 Å². The normalized spacial score (nSPS) is 15.2. The molecule has 14 heavy (non-hydrogen) atoms. The third-order valence-corrected chi connectivity index (χ3v) is 2.22. The lowest BCUT2D eigenvalue weighted by Crippen LogP contribution is -2.01. The van der Waals surface area contributed by atoms with E-state index < -0.39 is 0 Å². The molecular weight excluding hydrogens is 180 g/mol. The zero-order valence-electron chi connectivity index (χ0n) is 8.06. The molecule has 0 saturated heterocycles. The van der Waals surface area contributed by atoms with Gasteiger partial charge >= 0.3 is 0 Å². The van der Waals surface area contributed by atoms with Crippen molar-refractivity contribution in [1.82, 2.24) is 9.97 Å². The molecule has 0 amide bonds. The Morgan fingerprint density at radius 2 is 2.36 bits per heavy atom. The molecule has 0 bridgehead atoms. The molecule has 0 unspecified atom stereocenters. The molecule has 1 fully saturated rings. The second kappa shape index (κ2) is 3.74. The first kappa shape index (κ1) is 9.12. The molecule has 1 aromatic rings. The maximum Gasteiger partial charge on any atom is 0.216 e. The lowest BCUT2D eigenvalue weighted by atomic mass is 10.3. The summed E-state index contributed by atoms with van der Waals surface area (Å²) in [6.07, 6.45) is 3.47. The van der Waals surface area contributed by atoms with Crippen molar-refractivity contribution in [2.75, 3.05) is 7.11 Å². The summed E-state index contributed by atoms with van der Waals surface area (Å²) in [6.45, 7) is 0. The zero-order valence-corrected chi connectivity index (χ0v) is 8.06. The van der Waals surface area contributed by atoms with Crippen LogP contribution in [0, 0.1) is 0 Å². The number of hydrogen-bond acceptors (Lipinski definition) is 4. The molecule has 1 saturated carbocycles. The van der Waals surface area contributed by atoms with Gasteiger partial charge in [-0.05, 0) is 12.8 Å². The molecule has 0 radical (unpaired) electrons. The third kappa shape index (κ3) is 1.89. The second-order valence-corrected chi connectivity index (χ2v) is 3.40. The molecule has 0 N–H and O–H groups in total. The third-order valence-electron chi connectivity index (χ3n) is 2.22. The fourth-order valence-electron chi connectivity index (χ4n) is 1.31. The van der Waals surface area contributed by atoms with Crippen molar-refractivity contribution in [2.24, 2.45) is 0 Å². The molecule has 2 rings (SSSR count). The number of methoxy groups -OCH3 is 1. The van der Waals surface area contributed by atoms with Gasteiger partial charge in [-0.2, -0.15) is 4.98 Å². The monoisotopic (exact) mass is 192 g/mol. The number of ether oxygens (including phenoxy) is 1. The Morgan fingerprint density at radius 1 is 1.57 bits per heavy atom. The quantitative estimate of drug-likeness (QED) is 0.670. The largest absolute Gasteiger partial charge is 0.481 e.